The van der Waals surface area contributed by atoms with Crippen LogP contribution < -0.4 is 10.9 Å². The van der Waals surface area contributed by atoms with E-state index in [-0.39, 0.29) is 13.0 Å². The molecule has 0 aliphatic carbocycles. The highest BCUT2D eigenvalue weighted by Crippen LogP contribution is 2.16. The van der Waals surface area contributed by atoms with Gasteiger partial charge in [0.15, 0.2) is 0 Å². The number of hydrogen-bond donors (Lipinski definition) is 3. The summed E-state index contributed by atoms with van der Waals surface area (Å²) in [6, 6.07) is 33.0. The van der Waals surface area contributed by atoms with Crippen molar-refractivity contribution < 1.29 is 19.4 Å². The summed E-state index contributed by atoms with van der Waals surface area (Å²) in [4.78, 5) is 22.5. The summed E-state index contributed by atoms with van der Waals surface area (Å²) in [5, 5.41) is 17.1. The number of nitrogens with zero attached hydrogens (tertiary/aromatic N) is 2. The van der Waals surface area contributed by atoms with E-state index in [9.17, 15) is 9.59 Å². The molecule has 0 unspecified atom stereocenters. The predicted octanol–water partition coefficient (Wildman–Crippen LogP) is 6.39. The minimum atomic E-state index is -0.979. The molecule has 8 heteroatoms. The number of carbonyl (C=O) groups is 2. The molecule has 0 spiro atoms. The second-order valence-corrected chi connectivity index (χ2v) is 7.45. The predicted molar refractivity (Wildman–Crippen MR) is 153 cm³/mol. The lowest BCUT2D eigenvalue weighted by molar-refractivity contribution is 0.0601. The van der Waals surface area contributed by atoms with Crippen LogP contribution in [-0.2, 0) is 4.74 Å². The van der Waals surface area contributed by atoms with E-state index < -0.39 is 11.9 Å². The Morgan fingerprint density at radius 2 is 1.05 bits per heavy atom. The number of carbonyl (C=O) groups excluding carboxylic acids is 1. The Morgan fingerprint density at radius 1 is 0.658 bits per heavy atom. The summed E-state index contributed by atoms with van der Waals surface area (Å²) >= 11 is 0. The van der Waals surface area contributed by atoms with Gasteiger partial charge in [0, 0.05) is 0 Å². The summed E-state index contributed by atoms with van der Waals surface area (Å²) < 4.78 is 4.71. The first-order valence-electron chi connectivity index (χ1n) is 11.3. The minimum Gasteiger partial charge on any atom is -0.478 e. The molecule has 0 bridgehead atoms. The number of benzene rings is 4. The third-order valence-corrected chi connectivity index (χ3v) is 4.89. The number of hydrogen-bond acceptors (Lipinski definition) is 7. The van der Waals surface area contributed by atoms with Gasteiger partial charge in [-0.3, -0.25) is 10.9 Å². The van der Waals surface area contributed by atoms with Crippen LogP contribution in [0.4, 0.5) is 11.4 Å². The van der Waals surface area contributed by atoms with Crippen LogP contribution in [0.15, 0.2) is 119 Å². The maximum atomic E-state index is 11.6. The van der Waals surface area contributed by atoms with E-state index in [1.54, 1.807) is 48.8 Å². The molecular formula is C30H30N4O4. The number of esters is 1. The Hall–Kier alpha value is -5.24. The van der Waals surface area contributed by atoms with Gasteiger partial charge in [0.2, 0.25) is 0 Å². The number of anilines is 2. The zero-order chi connectivity index (χ0) is 26.3. The number of ether oxygens (including phenoxy) is 1. The maximum absolute atomic E-state index is 11.6. The molecular weight excluding hydrogens is 480 g/mol. The van der Waals surface area contributed by atoms with Gasteiger partial charge in [0.25, 0.3) is 0 Å². The van der Waals surface area contributed by atoms with Crippen molar-refractivity contribution in [3.8, 4) is 0 Å². The number of rotatable bonds is 8. The summed E-state index contributed by atoms with van der Waals surface area (Å²) in [5.74, 6) is -1.37. The normalized spacial score (nSPS) is 10.1. The fourth-order valence-corrected chi connectivity index (χ4v) is 3.07. The fourth-order valence-electron chi connectivity index (χ4n) is 3.07. The highest BCUT2D eigenvalue weighted by molar-refractivity contribution is 5.96. The fraction of sp³-hybridized carbons (Fsp3) is 0.0667. The molecule has 4 rings (SSSR count). The number of nitrogens with one attached hydrogen (secondary N) is 2. The molecule has 0 saturated carbocycles. The molecule has 4 aromatic carbocycles. The summed E-state index contributed by atoms with van der Waals surface area (Å²) in [5.41, 5.74) is 9.23. The number of aromatic carboxylic acids is 1. The number of carboxylic acid groups (broad SMARTS) is 1. The molecule has 194 valence electrons. The molecule has 0 aromatic heterocycles. The lowest BCUT2D eigenvalue weighted by Crippen LogP contribution is -2.05. The SMILES string of the molecule is C.COC(=O)c1ccccc1N/N=C/c1ccccc1.O=C(O)c1ccccc1N/N=C/c1ccccc1. The highest BCUT2D eigenvalue weighted by Gasteiger charge is 2.10. The summed E-state index contributed by atoms with van der Waals surface area (Å²) in [6.07, 6.45) is 3.33. The minimum absolute atomic E-state index is 0. The standard InChI is InChI=1S/C15H14N2O2.C14H12N2O2.CH4/c1-19-15(18)13-9-5-6-10-14(13)17-16-11-12-7-3-2-4-8-12;17-14(18)12-8-4-5-9-13(12)16-15-10-11-6-2-1-3-7-11;/h2-11,17H,1H3;1-10,16H,(H,17,18);1H4/b16-11+;15-10+;. The van der Waals surface area contributed by atoms with Crippen LogP contribution in [0.25, 0.3) is 0 Å². The van der Waals surface area contributed by atoms with Crippen LogP contribution >= 0.6 is 0 Å². The van der Waals surface area contributed by atoms with Crippen molar-refractivity contribution in [2.75, 3.05) is 18.0 Å². The number of methoxy groups -OCH3 is 1. The number of carboxylic acids is 1. The molecule has 0 atom stereocenters. The second-order valence-electron chi connectivity index (χ2n) is 7.45. The molecule has 4 aromatic rings. The quantitative estimate of drug-likeness (QED) is 0.144. The van der Waals surface area contributed by atoms with Crippen molar-refractivity contribution >= 4 is 35.7 Å². The molecule has 0 fully saturated rings. The second kappa shape index (κ2) is 15.7. The Kier molecular flexibility index (Phi) is 12.0. The van der Waals surface area contributed by atoms with E-state index in [0.29, 0.717) is 16.9 Å². The molecule has 0 radical (unpaired) electrons. The largest absolute Gasteiger partial charge is 0.478 e. The first kappa shape index (κ1) is 29.0. The van der Waals surface area contributed by atoms with Gasteiger partial charge in [0.1, 0.15) is 0 Å². The average Bonchev–Trinajstić information content (AvgIpc) is 2.94. The summed E-state index contributed by atoms with van der Waals surface area (Å²) in [6.45, 7) is 0. The zero-order valence-corrected chi connectivity index (χ0v) is 20.1. The first-order valence-corrected chi connectivity index (χ1v) is 11.3. The zero-order valence-electron chi connectivity index (χ0n) is 20.1. The molecule has 8 nitrogen and oxygen atoms in total. The van der Waals surface area contributed by atoms with E-state index in [1.807, 2.05) is 66.7 Å². The Morgan fingerprint density at radius 3 is 1.50 bits per heavy atom. The van der Waals surface area contributed by atoms with E-state index in [2.05, 4.69) is 21.1 Å². The molecule has 0 heterocycles. The van der Waals surface area contributed by atoms with Crippen molar-refractivity contribution in [2.24, 2.45) is 10.2 Å². The Labute approximate surface area is 222 Å². The molecule has 0 aliphatic rings. The third kappa shape index (κ3) is 9.09. The maximum Gasteiger partial charge on any atom is 0.340 e. The molecule has 0 aliphatic heterocycles. The van der Waals surface area contributed by atoms with Crippen molar-refractivity contribution in [1.29, 1.82) is 0 Å². The van der Waals surface area contributed by atoms with Crippen LogP contribution in [0, 0.1) is 0 Å². The van der Waals surface area contributed by atoms with Crippen LogP contribution in [-0.4, -0.2) is 36.6 Å². The van der Waals surface area contributed by atoms with Crippen molar-refractivity contribution in [1.82, 2.24) is 0 Å². The van der Waals surface area contributed by atoms with Crippen molar-refractivity contribution in [3.63, 3.8) is 0 Å². The van der Waals surface area contributed by atoms with Gasteiger partial charge in [-0.1, -0.05) is 92.4 Å². The van der Waals surface area contributed by atoms with E-state index >= 15 is 0 Å². The van der Waals surface area contributed by atoms with Gasteiger partial charge in [-0.15, -0.1) is 0 Å². The first-order chi connectivity index (χ1) is 18.1. The third-order valence-electron chi connectivity index (χ3n) is 4.89. The van der Waals surface area contributed by atoms with Gasteiger partial charge in [-0.05, 0) is 35.4 Å². The smallest absolute Gasteiger partial charge is 0.340 e. The summed E-state index contributed by atoms with van der Waals surface area (Å²) in [7, 11) is 1.35. The lowest BCUT2D eigenvalue weighted by Gasteiger charge is -2.06. The monoisotopic (exact) mass is 510 g/mol. The molecule has 0 saturated heterocycles. The van der Waals surface area contributed by atoms with Crippen LogP contribution in [0.1, 0.15) is 39.3 Å². The van der Waals surface area contributed by atoms with Crippen molar-refractivity contribution in [3.05, 3.63) is 131 Å². The molecule has 38 heavy (non-hydrogen) atoms. The Balaban J connectivity index is 0.000000260. The topological polar surface area (TPSA) is 112 Å². The van der Waals surface area contributed by atoms with Gasteiger partial charge in [-0.25, -0.2) is 9.59 Å². The van der Waals surface area contributed by atoms with Crippen LogP contribution in [0.2, 0.25) is 0 Å². The molecule has 0 amide bonds. The van der Waals surface area contributed by atoms with Gasteiger partial charge >= 0.3 is 11.9 Å². The van der Waals surface area contributed by atoms with E-state index in [1.165, 1.54) is 13.2 Å². The van der Waals surface area contributed by atoms with Crippen LogP contribution in [0.3, 0.4) is 0 Å². The Bertz CT molecular complexity index is 1360. The van der Waals surface area contributed by atoms with Crippen molar-refractivity contribution in [2.45, 2.75) is 7.43 Å². The van der Waals surface area contributed by atoms with E-state index in [4.69, 9.17) is 9.84 Å². The van der Waals surface area contributed by atoms with E-state index in [0.717, 1.165) is 11.1 Å². The highest BCUT2D eigenvalue weighted by atomic mass is 16.5. The van der Waals surface area contributed by atoms with Gasteiger partial charge in [0.05, 0.1) is 42.0 Å². The number of para-hydroxylation sites is 2. The van der Waals surface area contributed by atoms with Gasteiger partial charge in [-0.2, -0.15) is 10.2 Å². The lowest BCUT2D eigenvalue weighted by atomic mass is 10.2. The molecule has 3 N–H and O–H groups in total. The number of hydrazone groups is 2. The van der Waals surface area contributed by atoms with Crippen LogP contribution in [0.5, 0.6) is 0 Å². The van der Waals surface area contributed by atoms with Gasteiger partial charge < -0.3 is 9.84 Å². The average molecular weight is 511 g/mol.